The number of phenolic OH excluding ortho intramolecular Hbond substituents is 2. The smallest absolute Gasteiger partial charge is 0.312 e. The van der Waals surface area contributed by atoms with Crippen LogP contribution in [0.5, 0.6) is 17.2 Å². The van der Waals surface area contributed by atoms with E-state index in [9.17, 15) is 24.6 Å². The van der Waals surface area contributed by atoms with E-state index in [0.29, 0.717) is 5.56 Å². The van der Waals surface area contributed by atoms with E-state index in [1.165, 1.54) is 6.92 Å². The lowest BCUT2D eigenvalue weighted by atomic mass is 9.58. The zero-order chi connectivity index (χ0) is 19.5. The molecule has 6 nitrogen and oxygen atoms in total. The van der Waals surface area contributed by atoms with Crippen LogP contribution in [-0.4, -0.2) is 27.7 Å². The lowest BCUT2D eigenvalue weighted by Gasteiger charge is -2.45. The average molecular weight is 358 g/mol. The Kier molecular flexibility index (Phi) is 3.98. The minimum Gasteiger partial charge on any atom is -0.507 e. The third-order valence-corrected chi connectivity index (χ3v) is 5.63. The molecule has 0 spiro atoms. The molecule has 0 unspecified atom stereocenters. The van der Waals surface area contributed by atoms with Gasteiger partial charge >= 0.3 is 5.97 Å². The number of ketones is 2. The maximum atomic E-state index is 12.9. The van der Waals surface area contributed by atoms with Crippen molar-refractivity contribution in [2.75, 3.05) is 0 Å². The highest BCUT2D eigenvalue weighted by Crippen LogP contribution is 2.59. The molecule has 0 aromatic heterocycles. The van der Waals surface area contributed by atoms with Gasteiger partial charge in [0.2, 0.25) is 0 Å². The highest BCUT2D eigenvalue weighted by molar-refractivity contribution is 6.06. The number of hydrogen-bond donors (Lipinski definition) is 2. The zero-order valence-electron chi connectivity index (χ0n) is 15.3. The van der Waals surface area contributed by atoms with Crippen molar-refractivity contribution in [2.45, 2.75) is 51.9 Å². The molecule has 0 amide bonds. The van der Waals surface area contributed by atoms with Crippen LogP contribution in [0.15, 0.2) is 12.2 Å². The van der Waals surface area contributed by atoms with Crippen molar-refractivity contribution in [3.8, 4) is 17.2 Å². The van der Waals surface area contributed by atoms with E-state index in [1.807, 2.05) is 0 Å². The first-order valence-corrected chi connectivity index (χ1v) is 8.56. The predicted molar refractivity (Wildman–Crippen MR) is 93.7 cm³/mol. The van der Waals surface area contributed by atoms with Crippen molar-refractivity contribution < 1.29 is 29.3 Å². The number of hydrogen-bond acceptors (Lipinski definition) is 6. The third kappa shape index (κ3) is 2.28. The average Bonchev–Trinajstić information content (AvgIpc) is 2.51. The molecule has 0 fully saturated rings. The number of benzene rings is 1. The van der Waals surface area contributed by atoms with Gasteiger partial charge in [0.25, 0.3) is 0 Å². The van der Waals surface area contributed by atoms with Crippen molar-refractivity contribution in [3.05, 3.63) is 28.8 Å². The summed E-state index contributed by atoms with van der Waals surface area (Å²) in [6, 6.07) is 0. The second-order valence-electron chi connectivity index (χ2n) is 7.67. The Morgan fingerprint density at radius 1 is 1.27 bits per heavy atom. The second-order valence-corrected chi connectivity index (χ2v) is 7.67. The topological polar surface area (TPSA) is 101 Å². The van der Waals surface area contributed by atoms with Crippen molar-refractivity contribution in [3.63, 3.8) is 0 Å². The van der Waals surface area contributed by atoms with Gasteiger partial charge in [0.1, 0.15) is 5.75 Å². The number of carbonyl (C=O) groups excluding carboxylic acids is 3. The van der Waals surface area contributed by atoms with Gasteiger partial charge in [-0.15, -0.1) is 0 Å². The lowest BCUT2D eigenvalue weighted by molar-refractivity contribution is -0.138. The summed E-state index contributed by atoms with van der Waals surface area (Å²) in [7, 11) is 0. The molecule has 6 heteroatoms. The molecule has 1 aromatic carbocycles. The first kappa shape index (κ1) is 18.2. The number of ether oxygens (including phenoxy) is 1. The Morgan fingerprint density at radius 2 is 1.88 bits per heavy atom. The summed E-state index contributed by atoms with van der Waals surface area (Å²) in [4.78, 5) is 37.0. The van der Waals surface area contributed by atoms with E-state index in [0.717, 1.165) is 0 Å². The summed E-state index contributed by atoms with van der Waals surface area (Å²) in [5.41, 5.74) is -0.183. The summed E-state index contributed by atoms with van der Waals surface area (Å²) in [6.07, 6.45) is -0.109. The van der Waals surface area contributed by atoms with E-state index in [-0.39, 0.29) is 64.3 Å². The van der Waals surface area contributed by atoms with Crippen LogP contribution in [0.4, 0.5) is 0 Å². The van der Waals surface area contributed by atoms with E-state index in [4.69, 9.17) is 4.74 Å². The van der Waals surface area contributed by atoms with Gasteiger partial charge in [-0.3, -0.25) is 14.4 Å². The Hall–Kier alpha value is -2.63. The fourth-order valence-corrected chi connectivity index (χ4v) is 4.28. The molecule has 1 heterocycles. The molecule has 1 aliphatic carbocycles. The SMILES string of the molecule is C=C(C(C)=O)[C@@H]1CC(=O)c2c(O)c(C(C)C)c(O)c3c2[C@@]1(C)CC(=O)O3. The molecule has 1 aliphatic heterocycles. The largest absolute Gasteiger partial charge is 0.507 e. The van der Waals surface area contributed by atoms with Crippen LogP contribution in [0, 0.1) is 5.92 Å². The van der Waals surface area contributed by atoms with Crippen LogP contribution < -0.4 is 4.74 Å². The summed E-state index contributed by atoms with van der Waals surface area (Å²) in [5, 5.41) is 21.4. The monoisotopic (exact) mass is 358 g/mol. The summed E-state index contributed by atoms with van der Waals surface area (Å²) >= 11 is 0. The third-order valence-electron chi connectivity index (χ3n) is 5.63. The quantitative estimate of drug-likeness (QED) is 0.489. The van der Waals surface area contributed by atoms with E-state index in [2.05, 4.69) is 6.58 Å². The number of aromatic hydroxyl groups is 2. The number of Topliss-reactive ketones (excluding diaryl/α,β-unsaturated/α-hetero) is 2. The number of carbonyl (C=O) groups is 3. The van der Waals surface area contributed by atoms with Crippen molar-refractivity contribution in [1.29, 1.82) is 0 Å². The lowest BCUT2D eigenvalue weighted by Crippen LogP contribution is -2.46. The molecule has 138 valence electrons. The number of esters is 1. The van der Waals surface area contributed by atoms with Crippen molar-refractivity contribution >= 4 is 17.5 Å². The maximum absolute atomic E-state index is 12.9. The number of rotatable bonds is 3. The molecular weight excluding hydrogens is 336 g/mol. The summed E-state index contributed by atoms with van der Waals surface area (Å²) < 4.78 is 5.29. The van der Waals surface area contributed by atoms with Gasteiger partial charge in [-0.2, -0.15) is 0 Å². The van der Waals surface area contributed by atoms with Gasteiger partial charge in [-0.25, -0.2) is 0 Å². The molecule has 0 radical (unpaired) electrons. The molecule has 0 bridgehead atoms. The molecule has 0 saturated heterocycles. The van der Waals surface area contributed by atoms with Gasteiger partial charge in [-0.1, -0.05) is 27.4 Å². The molecule has 2 atom stereocenters. The Morgan fingerprint density at radius 3 is 2.42 bits per heavy atom. The molecule has 26 heavy (non-hydrogen) atoms. The van der Waals surface area contributed by atoms with Gasteiger partial charge in [-0.05, 0) is 18.4 Å². The molecule has 0 saturated carbocycles. The molecular formula is C20H22O6. The van der Waals surface area contributed by atoms with Crippen molar-refractivity contribution in [1.82, 2.24) is 0 Å². The Bertz CT molecular complexity index is 879. The number of allylic oxidation sites excluding steroid dienone is 1. The molecule has 1 aromatic rings. The van der Waals surface area contributed by atoms with E-state index >= 15 is 0 Å². The fraction of sp³-hybridized carbons (Fsp3) is 0.450. The summed E-state index contributed by atoms with van der Waals surface area (Å²) in [6.45, 7) is 10.4. The van der Waals surface area contributed by atoms with Gasteiger partial charge in [0.05, 0.1) is 12.0 Å². The normalized spacial score (nSPS) is 24.3. The molecule has 2 N–H and O–H groups in total. The number of phenols is 2. The first-order chi connectivity index (χ1) is 12.0. The van der Waals surface area contributed by atoms with Crippen LogP contribution in [0.2, 0.25) is 0 Å². The van der Waals surface area contributed by atoms with Crippen LogP contribution in [0.25, 0.3) is 0 Å². The first-order valence-electron chi connectivity index (χ1n) is 8.56. The maximum Gasteiger partial charge on any atom is 0.312 e. The minimum atomic E-state index is -0.971. The van der Waals surface area contributed by atoms with Crippen LogP contribution >= 0.6 is 0 Å². The fourth-order valence-electron chi connectivity index (χ4n) is 4.28. The van der Waals surface area contributed by atoms with Gasteiger partial charge < -0.3 is 14.9 Å². The standard InChI is InChI=1S/C20H22O6/c1-8(2)14-17(24)15-12(22)6-11(9(3)10(4)21)20(5)7-13(23)26-19(16(15)20)18(14)25/h8,11,24-25H,3,6-7H2,1-2,4-5H3/t11-,20-/m0/s1. The molecule has 3 rings (SSSR count). The zero-order valence-corrected chi connectivity index (χ0v) is 15.3. The highest BCUT2D eigenvalue weighted by atomic mass is 16.5. The Labute approximate surface area is 151 Å². The second kappa shape index (κ2) is 5.69. The minimum absolute atomic E-state index is 0.0372. The van der Waals surface area contributed by atoms with Gasteiger partial charge in [0, 0.05) is 28.9 Å². The van der Waals surface area contributed by atoms with Crippen molar-refractivity contribution in [2.24, 2.45) is 5.92 Å². The highest BCUT2D eigenvalue weighted by Gasteiger charge is 2.53. The van der Waals surface area contributed by atoms with Crippen LogP contribution in [0.1, 0.15) is 67.9 Å². The van der Waals surface area contributed by atoms with Gasteiger partial charge in [0.15, 0.2) is 23.1 Å². The van der Waals surface area contributed by atoms with Crippen LogP contribution in [0.3, 0.4) is 0 Å². The molecule has 2 aliphatic rings. The van der Waals surface area contributed by atoms with E-state index in [1.54, 1.807) is 20.8 Å². The Balaban J connectivity index is 2.41. The van der Waals surface area contributed by atoms with Crippen LogP contribution in [-0.2, 0) is 15.0 Å². The summed E-state index contributed by atoms with van der Waals surface area (Å²) in [5.74, 6) is -2.78. The van der Waals surface area contributed by atoms with E-state index < -0.39 is 17.3 Å². The predicted octanol–water partition coefficient (Wildman–Crippen LogP) is 3.14.